The van der Waals surface area contributed by atoms with Crippen LogP contribution in [0.4, 0.5) is 0 Å². The summed E-state index contributed by atoms with van der Waals surface area (Å²) in [6, 6.07) is 14.6. The number of ether oxygens (including phenoxy) is 1. The fourth-order valence-electron chi connectivity index (χ4n) is 2.32. The first kappa shape index (κ1) is 21.6. The molecular formula is C20H24N2O5S. The van der Waals surface area contributed by atoms with E-state index in [0.717, 1.165) is 12.0 Å². The molecule has 7 nitrogen and oxygen atoms in total. The molecule has 0 aliphatic heterocycles. The lowest BCUT2D eigenvalue weighted by atomic mass is 10.2. The molecule has 0 aliphatic rings. The second-order valence-electron chi connectivity index (χ2n) is 6.18. The molecule has 0 saturated heterocycles. The molecule has 0 fully saturated rings. The number of hydrogen-bond donors (Lipinski definition) is 2. The van der Waals surface area contributed by atoms with Crippen molar-refractivity contribution in [2.75, 3.05) is 6.54 Å². The first-order valence-electron chi connectivity index (χ1n) is 8.96. The average molecular weight is 404 g/mol. The van der Waals surface area contributed by atoms with E-state index in [-0.39, 0.29) is 17.0 Å². The third-order valence-corrected chi connectivity index (χ3v) is 5.29. The molecule has 0 aliphatic carbocycles. The summed E-state index contributed by atoms with van der Waals surface area (Å²) in [5.41, 5.74) is 0.867. The van der Waals surface area contributed by atoms with E-state index >= 15 is 0 Å². The van der Waals surface area contributed by atoms with Gasteiger partial charge in [-0.3, -0.25) is 4.79 Å². The summed E-state index contributed by atoms with van der Waals surface area (Å²) in [5, 5.41) is 2.63. The largest absolute Gasteiger partial charge is 0.449 e. The van der Waals surface area contributed by atoms with Gasteiger partial charge in [0.15, 0.2) is 6.10 Å². The highest BCUT2D eigenvalue weighted by Gasteiger charge is 2.20. The van der Waals surface area contributed by atoms with Crippen molar-refractivity contribution >= 4 is 21.9 Å². The van der Waals surface area contributed by atoms with Crippen LogP contribution in [-0.4, -0.2) is 32.9 Å². The molecule has 2 aromatic carbocycles. The number of rotatable bonds is 9. The molecule has 1 atom stereocenters. The Kier molecular flexibility index (Phi) is 7.71. The first-order chi connectivity index (χ1) is 13.3. The predicted octanol–water partition coefficient (Wildman–Crippen LogP) is 2.24. The van der Waals surface area contributed by atoms with Gasteiger partial charge < -0.3 is 10.1 Å². The Morgan fingerprint density at radius 2 is 1.79 bits per heavy atom. The fraction of sp³-hybridized carbons (Fsp3) is 0.300. The highest BCUT2D eigenvalue weighted by molar-refractivity contribution is 7.89. The van der Waals surface area contributed by atoms with Crippen LogP contribution in [0.2, 0.25) is 0 Å². The van der Waals surface area contributed by atoms with Gasteiger partial charge in [-0.1, -0.05) is 43.3 Å². The summed E-state index contributed by atoms with van der Waals surface area (Å²) in [6.45, 7) is 3.99. The van der Waals surface area contributed by atoms with E-state index in [0.29, 0.717) is 6.54 Å². The monoisotopic (exact) mass is 404 g/mol. The molecule has 0 spiro atoms. The number of esters is 1. The Morgan fingerprint density at radius 3 is 2.46 bits per heavy atom. The van der Waals surface area contributed by atoms with Gasteiger partial charge in [0, 0.05) is 13.1 Å². The van der Waals surface area contributed by atoms with E-state index in [2.05, 4.69) is 10.0 Å². The molecule has 1 amide bonds. The van der Waals surface area contributed by atoms with Gasteiger partial charge in [-0.25, -0.2) is 17.9 Å². The quantitative estimate of drug-likeness (QED) is 0.624. The maximum absolute atomic E-state index is 12.5. The maximum Gasteiger partial charge on any atom is 0.338 e. The van der Waals surface area contributed by atoms with Crippen molar-refractivity contribution in [3.63, 3.8) is 0 Å². The zero-order valence-electron chi connectivity index (χ0n) is 15.8. The van der Waals surface area contributed by atoms with Crippen molar-refractivity contribution in [3.8, 4) is 0 Å². The lowest BCUT2D eigenvalue weighted by Crippen LogP contribution is -2.36. The van der Waals surface area contributed by atoms with Gasteiger partial charge in [0.2, 0.25) is 10.0 Å². The highest BCUT2D eigenvalue weighted by Crippen LogP contribution is 2.14. The third kappa shape index (κ3) is 6.17. The molecule has 2 aromatic rings. The smallest absolute Gasteiger partial charge is 0.338 e. The molecule has 0 heterocycles. The zero-order valence-corrected chi connectivity index (χ0v) is 16.7. The highest BCUT2D eigenvalue weighted by atomic mass is 32.2. The molecule has 28 heavy (non-hydrogen) atoms. The van der Waals surface area contributed by atoms with E-state index in [1.807, 2.05) is 25.1 Å². The zero-order chi connectivity index (χ0) is 20.6. The summed E-state index contributed by atoms with van der Waals surface area (Å²) in [5.74, 6) is -1.16. The number of benzene rings is 2. The van der Waals surface area contributed by atoms with Crippen LogP contribution in [0.25, 0.3) is 0 Å². The molecule has 0 saturated carbocycles. The normalized spacial score (nSPS) is 12.2. The van der Waals surface area contributed by atoms with E-state index in [9.17, 15) is 18.0 Å². The van der Waals surface area contributed by atoms with E-state index in [1.54, 1.807) is 12.1 Å². The van der Waals surface area contributed by atoms with Crippen LogP contribution in [0.5, 0.6) is 0 Å². The van der Waals surface area contributed by atoms with Gasteiger partial charge in [0.25, 0.3) is 5.91 Å². The standard InChI is InChI=1S/C20H24N2O5S/c1-3-12-21-19(23)15(2)27-20(24)17-10-7-11-18(13-17)28(25,26)22-14-16-8-5-4-6-9-16/h4-11,13,15,22H,3,12,14H2,1-2H3,(H,21,23). The molecule has 8 heteroatoms. The molecule has 0 radical (unpaired) electrons. The van der Waals surface area contributed by atoms with Gasteiger partial charge in [-0.15, -0.1) is 0 Å². The molecule has 0 aromatic heterocycles. The van der Waals surface area contributed by atoms with Crippen molar-refractivity contribution in [1.82, 2.24) is 10.0 Å². The Morgan fingerprint density at radius 1 is 1.07 bits per heavy atom. The Hall–Kier alpha value is -2.71. The molecular weight excluding hydrogens is 380 g/mol. The van der Waals surface area contributed by atoms with E-state index in [4.69, 9.17) is 4.74 Å². The van der Waals surface area contributed by atoms with Crippen LogP contribution in [-0.2, 0) is 26.1 Å². The lowest BCUT2D eigenvalue weighted by Gasteiger charge is -2.13. The minimum atomic E-state index is -3.81. The van der Waals surface area contributed by atoms with Crippen molar-refractivity contribution in [2.24, 2.45) is 0 Å². The van der Waals surface area contributed by atoms with Crippen molar-refractivity contribution in [1.29, 1.82) is 0 Å². The lowest BCUT2D eigenvalue weighted by molar-refractivity contribution is -0.129. The van der Waals surface area contributed by atoms with Gasteiger partial charge in [-0.05, 0) is 37.1 Å². The average Bonchev–Trinajstić information content (AvgIpc) is 2.71. The number of carbonyl (C=O) groups excluding carboxylic acids is 2. The van der Waals surface area contributed by atoms with Gasteiger partial charge in [0.05, 0.1) is 10.5 Å². The van der Waals surface area contributed by atoms with Crippen molar-refractivity contribution in [3.05, 3.63) is 65.7 Å². The van der Waals surface area contributed by atoms with Crippen LogP contribution in [0, 0.1) is 0 Å². The number of sulfonamides is 1. The van der Waals surface area contributed by atoms with Crippen LogP contribution in [0.1, 0.15) is 36.2 Å². The van der Waals surface area contributed by atoms with Crippen molar-refractivity contribution in [2.45, 2.75) is 37.8 Å². The second-order valence-corrected chi connectivity index (χ2v) is 7.94. The maximum atomic E-state index is 12.5. The Balaban J connectivity index is 2.05. The SMILES string of the molecule is CCCNC(=O)C(C)OC(=O)c1cccc(S(=O)(=O)NCc2ccccc2)c1. The first-order valence-corrected chi connectivity index (χ1v) is 10.4. The van der Waals surface area contributed by atoms with Gasteiger partial charge >= 0.3 is 5.97 Å². The molecule has 1 unspecified atom stereocenters. The summed E-state index contributed by atoms with van der Waals surface area (Å²) in [4.78, 5) is 24.0. The van der Waals surface area contributed by atoms with Gasteiger partial charge in [-0.2, -0.15) is 0 Å². The molecule has 0 bridgehead atoms. The number of hydrogen-bond acceptors (Lipinski definition) is 5. The fourth-order valence-corrected chi connectivity index (χ4v) is 3.39. The predicted molar refractivity (Wildman–Crippen MR) is 105 cm³/mol. The minimum Gasteiger partial charge on any atom is -0.449 e. The number of amides is 1. The summed E-state index contributed by atoms with van der Waals surface area (Å²) < 4.78 is 32.6. The molecule has 2 N–H and O–H groups in total. The second kappa shape index (κ2) is 10.0. The topological polar surface area (TPSA) is 102 Å². The Labute approximate surface area is 165 Å². The minimum absolute atomic E-state index is 0.0535. The van der Waals surface area contributed by atoms with E-state index in [1.165, 1.54) is 31.2 Å². The summed E-state index contributed by atoms with van der Waals surface area (Å²) >= 11 is 0. The van der Waals surface area contributed by atoms with Gasteiger partial charge in [0.1, 0.15) is 0 Å². The number of carbonyl (C=O) groups is 2. The van der Waals surface area contributed by atoms with Crippen LogP contribution >= 0.6 is 0 Å². The number of nitrogens with one attached hydrogen (secondary N) is 2. The molecule has 150 valence electrons. The summed E-state index contributed by atoms with van der Waals surface area (Å²) in [7, 11) is -3.81. The van der Waals surface area contributed by atoms with Crippen LogP contribution in [0.3, 0.4) is 0 Å². The van der Waals surface area contributed by atoms with E-state index < -0.39 is 28.0 Å². The summed E-state index contributed by atoms with van der Waals surface area (Å²) in [6.07, 6.45) is -0.210. The third-order valence-electron chi connectivity index (χ3n) is 3.89. The van der Waals surface area contributed by atoms with Crippen molar-refractivity contribution < 1.29 is 22.7 Å². The van der Waals surface area contributed by atoms with Crippen LogP contribution in [0.15, 0.2) is 59.5 Å². The van der Waals surface area contributed by atoms with Crippen LogP contribution < -0.4 is 10.0 Å². The molecule has 2 rings (SSSR count). The Bertz CT molecular complexity index is 913.